The summed E-state index contributed by atoms with van der Waals surface area (Å²) < 4.78 is 10.7. The Bertz CT molecular complexity index is 1100. The van der Waals surface area contributed by atoms with Crippen LogP contribution in [0.1, 0.15) is 39.7 Å². The second-order valence-electron chi connectivity index (χ2n) is 7.46. The lowest BCUT2D eigenvalue weighted by atomic mass is 10.1. The summed E-state index contributed by atoms with van der Waals surface area (Å²) in [7, 11) is 0. The van der Waals surface area contributed by atoms with Gasteiger partial charge in [0.05, 0.1) is 10.7 Å². The van der Waals surface area contributed by atoms with Gasteiger partial charge in [0.1, 0.15) is 0 Å². The fraction of sp³-hybridized carbons (Fsp3) is 0.273. The number of hydrogen-bond donors (Lipinski definition) is 0. The number of hydrogen-bond acceptors (Lipinski definition) is 5. The van der Waals surface area contributed by atoms with Crippen LogP contribution in [0, 0.1) is 0 Å². The van der Waals surface area contributed by atoms with Gasteiger partial charge in [-0.25, -0.2) is 4.98 Å². The largest absolute Gasteiger partial charge is 0.454 e. The third-order valence-electron chi connectivity index (χ3n) is 5.58. The van der Waals surface area contributed by atoms with E-state index in [-0.39, 0.29) is 12.7 Å². The summed E-state index contributed by atoms with van der Waals surface area (Å²) in [6.45, 7) is 0.901. The van der Waals surface area contributed by atoms with Gasteiger partial charge < -0.3 is 14.4 Å². The van der Waals surface area contributed by atoms with Crippen molar-refractivity contribution in [1.29, 1.82) is 0 Å². The first-order chi connectivity index (χ1) is 13.8. The maximum Gasteiger partial charge on any atom is 0.258 e. The standard InChI is InChI=1S/C22H18N2O3S/c25-22(16-4-6-19-20(10-16)27-12-26-19)24-8-7-15-9-14(3-5-18(15)24)17-11-28-21(23-17)13-1-2-13/h3-6,9-11,13H,1-2,7-8,12H2. The van der Waals surface area contributed by atoms with Crippen LogP contribution in [0.3, 0.4) is 0 Å². The van der Waals surface area contributed by atoms with E-state index in [9.17, 15) is 4.79 Å². The molecule has 3 heterocycles. The molecule has 1 fully saturated rings. The van der Waals surface area contributed by atoms with Crippen molar-refractivity contribution in [2.75, 3.05) is 18.2 Å². The number of nitrogens with zero attached hydrogens (tertiary/aromatic N) is 2. The summed E-state index contributed by atoms with van der Waals surface area (Å²) in [5, 5.41) is 3.41. The van der Waals surface area contributed by atoms with Gasteiger partial charge in [-0.05, 0) is 55.2 Å². The molecular weight excluding hydrogens is 372 g/mol. The van der Waals surface area contributed by atoms with Crippen molar-refractivity contribution in [2.45, 2.75) is 25.2 Å². The molecule has 0 bridgehead atoms. The molecule has 1 saturated carbocycles. The van der Waals surface area contributed by atoms with E-state index in [0.29, 0.717) is 29.5 Å². The van der Waals surface area contributed by atoms with Gasteiger partial charge in [0.2, 0.25) is 6.79 Å². The molecule has 2 aliphatic heterocycles. The molecule has 2 aromatic carbocycles. The first-order valence-corrected chi connectivity index (χ1v) is 10.4. The van der Waals surface area contributed by atoms with Gasteiger partial charge in [0.25, 0.3) is 5.91 Å². The molecule has 5 nitrogen and oxygen atoms in total. The average molecular weight is 390 g/mol. The van der Waals surface area contributed by atoms with E-state index >= 15 is 0 Å². The van der Waals surface area contributed by atoms with Crippen molar-refractivity contribution in [3.8, 4) is 22.8 Å². The average Bonchev–Trinajstić information content (AvgIpc) is 3.13. The lowest BCUT2D eigenvalue weighted by Crippen LogP contribution is -2.28. The van der Waals surface area contributed by atoms with Crippen molar-refractivity contribution in [1.82, 2.24) is 4.98 Å². The second-order valence-corrected chi connectivity index (χ2v) is 8.35. The van der Waals surface area contributed by atoms with Crippen LogP contribution >= 0.6 is 11.3 Å². The summed E-state index contributed by atoms with van der Waals surface area (Å²) in [5.74, 6) is 2.00. The summed E-state index contributed by atoms with van der Waals surface area (Å²) in [6, 6.07) is 11.7. The summed E-state index contributed by atoms with van der Waals surface area (Å²) >= 11 is 1.76. The topological polar surface area (TPSA) is 51.7 Å². The summed E-state index contributed by atoms with van der Waals surface area (Å²) in [4.78, 5) is 19.7. The lowest BCUT2D eigenvalue weighted by molar-refractivity contribution is 0.0989. The molecule has 1 aliphatic carbocycles. The van der Waals surface area contributed by atoms with Crippen molar-refractivity contribution in [3.05, 3.63) is 57.9 Å². The Morgan fingerprint density at radius 2 is 2.00 bits per heavy atom. The van der Waals surface area contributed by atoms with Crippen LogP contribution in [-0.2, 0) is 6.42 Å². The number of amides is 1. The fourth-order valence-electron chi connectivity index (χ4n) is 3.90. The smallest absolute Gasteiger partial charge is 0.258 e. The van der Waals surface area contributed by atoms with Crippen LogP contribution in [-0.4, -0.2) is 24.2 Å². The predicted octanol–water partition coefficient (Wildman–Crippen LogP) is 4.62. The number of anilines is 1. The molecule has 28 heavy (non-hydrogen) atoms. The molecular formula is C22H18N2O3S. The number of aromatic nitrogens is 1. The second kappa shape index (κ2) is 6.07. The molecule has 6 rings (SSSR count). The van der Waals surface area contributed by atoms with Crippen LogP contribution in [0.5, 0.6) is 11.5 Å². The molecule has 0 unspecified atom stereocenters. The Hall–Kier alpha value is -2.86. The van der Waals surface area contributed by atoms with Gasteiger partial charge in [-0.2, -0.15) is 0 Å². The van der Waals surface area contributed by atoms with E-state index in [1.807, 2.05) is 4.90 Å². The van der Waals surface area contributed by atoms with E-state index in [0.717, 1.165) is 23.4 Å². The van der Waals surface area contributed by atoms with Crippen LogP contribution < -0.4 is 14.4 Å². The normalized spacial score (nSPS) is 17.1. The van der Waals surface area contributed by atoms with Crippen molar-refractivity contribution < 1.29 is 14.3 Å². The van der Waals surface area contributed by atoms with Gasteiger partial charge >= 0.3 is 0 Å². The lowest BCUT2D eigenvalue weighted by Gasteiger charge is -2.18. The van der Waals surface area contributed by atoms with Crippen molar-refractivity contribution in [2.24, 2.45) is 0 Å². The molecule has 0 N–H and O–H groups in total. The quantitative estimate of drug-likeness (QED) is 0.655. The highest BCUT2D eigenvalue weighted by Crippen LogP contribution is 2.43. The highest BCUT2D eigenvalue weighted by molar-refractivity contribution is 7.10. The first kappa shape index (κ1) is 16.1. The van der Waals surface area contributed by atoms with Crippen LogP contribution in [0.4, 0.5) is 5.69 Å². The van der Waals surface area contributed by atoms with E-state index in [2.05, 4.69) is 23.6 Å². The monoisotopic (exact) mass is 390 g/mol. The Balaban J connectivity index is 1.28. The van der Waals surface area contributed by atoms with E-state index < -0.39 is 0 Å². The number of fused-ring (bicyclic) bond motifs is 2. The molecule has 0 atom stereocenters. The summed E-state index contributed by atoms with van der Waals surface area (Å²) in [5.41, 5.74) is 5.00. The van der Waals surface area contributed by atoms with Crippen molar-refractivity contribution in [3.63, 3.8) is 0 Å². The third-order valence-corrected chi connectivity index (χ3v) is 6.59. The minimum absolute atomic E-state index is 0.00511. The van der Waals surface area contributed by atoms with E-state index in [4.69, 9.17) is 14.5 Å². The number of carbonyl (C=O) groups excluding carboxylic acids is 1. The zero-order valence-electron chi connectivity index (χ0n) is 15.2. The molecule has 0 spiro atoms. The van der Waals surface area contributed by atoms with Gasteiger partial charge in [0, 0.05) is 34.7 Å². The number of rotatable bonds is 3. The molecule has 1 amide bonds. The molecule has 3 aliphatic rings. The maximum absolute atomic E-state index is 13.1. The third kappa shape index (κ3) is 2.59. The Morgan fingerprint density at radius 1 is 1.11 bits per heavy atom. The molecule has 1 aromatic heterocycles. The minimum atomic E-state index is -0.00511. The van der Waals surface area contributed by atoms with Gasteiger partial charge in [-0.3, -0.25) is 4.79 Å². The number of carbonyl (C=O) groups is 1. The van der Waals surface area contributed by atoms with Gasteiger partial charge in [0.15, 0.2) is 11.5 Å². The zero-order valence-corrected chi connectivity index (χ0v) is 16.0. The van der Waals surface area contributed by atoms with E-state index in [1.165, 1.54) is 23.4 Å². The number of thiazole rings is 1. The van der Waals surface area contributed by atoms with Gasteiger partial charge in [-0.15, -0.1) is 11.3 Å². The zero-order chi connectivity index (χ0) is 18.7. The van der Waals surface area contributed by atoms with E-state index in [1.54, 1.807) is 29.5 Å². The Labute approximate surface area is 166 Å². The summed E-state index contributed by atoms with van der Waals surface area (Å²) in [6.07, 6.45) is 3.40. The van der Waals surface area contributed by atoms with Gasteiger partial charge in [-0.1, -0.05) is 6.07 Å². The molecule has 0 radical (unpaired) electrons. The van der Waals surface area contributed by atoms with Crippen LogP contribution in [0.15, 0.2) is 41.8 Å². The fourth-order valence-corrected chi connectivity index (χ4v) is 4.90. The highest BCUT2D eigenvalue weighted by Gasteiger charge is 2.29. The maximum atomic E-state index is 13.1. The molecule has 0 saturated heterocycles. The molecule has 6 heteroatoms. The highest BCUT2D eigenvalue weighted by atomic mass is 32.1. The minimum Gasteiger partial charge on any atom is -0.454 e. The first-order valence-electron chi connectivity index (χ1n) is 9.56. The number of benzene rings is 2. The molecule has 140 valence electrons. The van der Waals surface area contributed by atoms with Crippen molar-refractivity contribution >= 4 is 22.9 Å². The Kier molecular flexibility index (Phi) is 3.50. The molecule has 3 aromatic rings. The van der Waals surface area contributed by atoms with Crippen LogP contribution in [0.2, 0.25) is 0 Å². The Morgan fingerprint density at radius 3 is 2.89 bits per heavy atom. The predicted molar refractivity (Wildman–Crippen MR) is 107 cm³/mol. The SMILES string of the molecule is O=C(c1ccc2c(c1)OCO2)N1CCc2cc(-c3csc(C4CC4)n3)ccc21. The number of ether oxygens (including phenoxy) is 2. The van der Waals surface area contributed by atoms with Crippen LogP contribution in [0.25, 0.3) is 11.3 Å².